The van der Waals surface area contributed by atoms with E-state index in [1.165, 1.54) is 6.20 Å². The van der Waals surface area contributed by atoms with Gasteiger partial charge in [-0.2, -0.15) is 0 Å². The quantitative estimate of drug-likeness (QED) is 0.369. The van der Waals surface area contributed by atoms with Crippen molar-refractivity contribution in [1.82, 2.24) is 15.3 Å². The summed E-state index contributed by atoms with van der Waals surface area (Å²) in [6.45, 7) is -0.279. The molecule has 2 atom stereocenters. The van der Waals surface area contributed by atoms with Crippen LogP contribution in [0.4, 0.5) is 0 Å². The number of aliphatic hydroxyl groups excluding tert-OH is 1. The number of benzene rings is 2. The Bertz CT molecular complexity index is 1040. The predicted molar refractivity (Wildman–Crippen MR) is 111 cm³/mol. The van der Waals surface area contributed by atoms with Gasteiger partial charge in [-0.15, -0.1) is 0 Å². The highest BCUT2D eigenvalue weighted by atomic mass is 16.4. The Morgan fingerprint density at radius 2 is 1.67 bits per heavy atom. The Morgan fingerprint density at radius 3 is 2.23 bits per heavy atom. The lowest BCUT2D eigenvalue weighted by Crippen LogP contribution is -2.41. The van der Waals surface area contributed by atoms with Crippen LogP contribution in [0.2, 0.25) is 0 Å². The van der Waals surface area contributed by atoms with Gasteiger partial charge in [-0.25, -0.2) is 4.79 Å². The first-order valence-electron chi connectivity index (χ1n) is 9.54. The Kier molecular flexibility index (Phi) is 6.82. The van der Waals surface area contributed by atoms with Gasteiger partial charge >= 0.3 is 11.7 Å². The number of hydrogen-bond acceptors (Lipinski definition) is 4. The molecule has 30 heavy (non-hydrogen) atoms. The van der Waals surface area contributed by atoms with Crippen LogP contribution in [0.1, 0.15) is 34.8 Å². The molecule has 156 valence electrons. The highest BCUT2D eigenvalue weighted by Crippen LogP contribution is 2.26. The second-order valence-corrected chi connectivity index (χ2v) is 6.95. The SMILES string of the molecule is O=C(O)CCC(NC(=O)c1c[nH]c(=O)[nH]1)C(CO)c1ccc(-c2ccccc2)cc1. The molecule has 2 unspecified atom stereocenters. The summed E-state index contributed by atoms with van der Waals surface area (Å²) in [5, 5.41) is 21.8. The number of carbonyl (C=O) groups is 2. The topological polar surface area (TPSA) is 135 Å². The molecular weight excluding hydrogens is 386 g/mol. The number of carboxylic acids is 1. The van der Waals surface area contributed by atoms with Crippen LogP contribution < -0.4 is 11.0 Å². The first-order valence-corrected chi connectivity index (χ1v) is 9.54. The van der Waals surface area contributed by atoms with Crippen LogP contribution >= 0.6 is 0 Å². The van der Waals surface area contributed by atoms with Crippen molar-refractivity contribution < 1.29 is 19.8 Å². The number of imidazole rings is 1. The minimum absolute atomic E-state index is 0.0384. The number of aliphatic carboxylic acids is 1. The average molecular weight is 409 g/mol. The second kappa shape index (κ2) is 9.71. The molecule has 3 rings (SSSR count). The zero-order chi connectivity index (χ0) is 21.5. The summed E-state index contributed by atoms with van der Waals surface area (Å²) in [6, 6.07) is 16.7. The van der Waals surface area contributed by atoms with Gasteiger partial charge in [0.1, 0.15) is 5.69 Å². The highest BCUT2D eigenvalue weighted by Gasteiger charge is 2.26. The molecule has 0 fully saturated rings. The number of amides is 1. The van der Waals surface area contributed by atoms with Crippen LogP contribution in [-0.2, 0) is 4.79 Å². The molecule has 2 aromatic carbocycles. The standard InChI is InChI=1S/C22H23N3O5/c26-13-17(16-8-6-15(7-9-16)14-4-2-1-3-5-14)18(10-11-20(27)28)24-21(29)19-12-23-22(30)25-19/h1-9,12,17-18,26H,10-11,13H2,(H,24,29)(H,27,28)(H2,23,25,30). The van der Waals surface area contributed by atoms with Crippen LogP contribution in [0, 0.1) is 0 Å². The number of carboxylic acid groups (broad SMARTS) is 1. The first kappa shape index (κ1) is 21.1. The molecule has 3 aromatic rings. The molecule has 1 aromatic heterocycles. The van der Waals surface area contributed by atoms with Crippen LogP contribution in [0.5, 0.6) is 0 Å². The lowest BCUT2D eigenvalue weighted by atomic mass is 9.88. The Hall–Kier alpha value is -3.65. The third-order valence-electron chi connectivity index (χ3n) is 4.95. The number of carbonyl (C=O) groups excluding carboxylic acids is 1. The number of aliphatic hydroxyl groups is 1. The van der Waals surface area contributed by atoms with E-state index >= 15 is 0 Å². The van der Waals surface area contributed by atoms with Crippen molar-refractivity contribution in [3.63, 3.8) is 0 Å². The number of H-pyrrole nitrogens is 2. The molecule has 0 aliphatic rings. The van der Waals surface area contributed by atoms with E-state index in [9.17, 15) is 19.5 Å². The van der Waals surface area contributed by atoms with E-state index in [-0.39, 0.29) is 25.1 Å². The minimum Gasteiger partial charge on any atom is -0.481 e. The lowest BCUT2D eigenvalue weighted by Gasteiger charge is -2.27. The van der Waals surface area contributed by atoms with Crippen molar-refractivity contribution in [2.75, 3.05) is 6.61 Å². The maximum absolute atomic E-state index is 12.5. The first-order chi connectivity index (χ1) is 14.5. The molecule has 0 aliphatic carbocycles. The Balaban J connectivity index is 1.83. The van der Waals surface area contributed by atoms with Crippen LogP contribution in [-0.4, -0.2) is 44.7 Å². The van der Waals surface area contributed by atoms with Crippen molar-refractivity contribution in [2.24, 2.45) is 0 Å². The maximum Gasteiger partial charge on any atom is 0.323 e. The third-order valence-corrected chi connectivity index (χ3v) is 4.95. The van der Waals surface area contributed by atoms with Gasteiger partial charge in [-0.05, 0) is 23.1 Å². The van der Waals surface area contributed by atoms with Crippen molar-refractivity contribution in [3.8, 4) is 11.1 Å². The number of aromatic nitrogens is 2. The van der Waals surface area contributed by atoms with E-state index in [2.05, 4.69) is 15.3 Å². The monoisotopic (exact) mass is 409 g/mol. The summed E-state index contributed by atoms with van der Waals surface area (Å²) in [5.41, 5.74) is 2.35. The van der Waals surface area contributed by atoms with Gasteiger partial charge in [0.15, 0.2) is 0 Å². The summed E-state index contributed by atoms with van der Waals surface area (Å²) in [7, 11) is 0. The fourth-order valence-electron chi connectivity index (χ4n) is 3.37. The third kappa shape index (κ3) is 5.24. The molecule has 5 N–H and O–H groups in total. The largest absolute Gasteiger partial charge is 0.481 e. The number of nitrogens with one attached hydrogen (secondary N) is 3. The number of rotatable bonds is 9. The molecule has 1 amide bonds. The highest BCUT2D eigenvalue weighted by molar-refractivity contribution is 5.92. The van der Waals surface area contributed by atoms with E-state index in [1.807, 2.05) is 54.6 Å². The summed E-state index contributed by atoms with van der Waals surface area (Å²) in [4.78, 5) is 39.5. The lowest BCUT2D eigenvalue weighted by molar-refractivity contribution is -0.137. The van der Waals surface area contributed by atoms with Crippen molar-refractivity contribution in [3.05, 3.63) is 82.5 Å². The Morgan fingerprint density at radius 1 is 1.00 bits per heavy atom. The molecule has 0 saturated heterocycles. The zero-order valence-corrected chi connectivity index (χ0v) is 16.2. The minimum atomic E-state index is -1.000. The molecule has 8 heteroatoms. The molecule has 0 radical (unpaired) electrons. The van der Waals surface area contributed by atoms with Gasteiger partial charge in [0.2, 0.25) is 0 Å². The molecule has 0 aliphatic heterocycles. The van der Waals surface area contributed by atoms with Gasteiger partial charge in [-0.3, -0.25) is 9.59 Å². The molecular formula is C22H23N3O5. The molecule has 0 saturated carbocycles. The predicted octanol–water partition coefficient (Wildman–Crippen LogP) is 2.11. The normalized spacial score (nSPS) is 12.8. The van der Waals surface area contributed by atoms with Gasteiger partial charge in [0, 0.05) is 24.6 Å². The second-order valence-electron chi connectivity index (χ2n) is 6.95. The molecule has 0 bridgehead atoms. The summed E-state index contributed by atoms with van der Waals surface area (Å²) < 4.78 is 0. The van der Waals surface area contributed by atoms with E-state index in [0.29, 0.717) is 0 Å². The molecule has 8 nitrogen and oxygen atoms in total. The van der Waals surface area contributed by atoms with E-state index < -0.39 is 29.5 Å². The van der Waals surface area contributed by atoms with Gasteiger partial charge < -0.3 is 25.5 Å². The van der Waals surface area contributed by atoms with Crippen LogP contribution in [0.15, 0.2) is 65.6 Å². The Labute approximate surface area is 172 Å². The molecule has 1 heterocycles. The van der Waals surface area contributed by atoms with Gasteiger partial charge in [0.05, 0.1) is 6.61 Å². The van der Waals surface area contributed by atoms with Crippen molar-refractivity contribution >= 4 is 11.9 Å². The van der Waals surface area contributed by atoms with Gasteiger partial charge in [-0.1, -0.05) is 54.6 Å². The summed E-state index contributed by atoms with van der Waals surface area (Å²) in [6.07, 6.45) is 1.20. The van der Waals surface area contributed by atoms with Crippen LogP contribution in [0.3, 0.4) is 0 Å². The summed E-state index contributed by atoms with van der Waals surface area (Å²) in [5.74, 6) is -2.06. The van der Waals surface area contributed by atoms with E-state index in [0.717, 1.165) is 16.7 Å². The fraction of sp³-hybridized carbons (Fsp3) is 0.227. The van der Waals surface area contributed by atoms with E-state index in [4.69, 9.17) is 5.11 Å². The number of hydrogen-bond donors (Lipinski definition) is 5. The van der Waals surface area contributed by atoms with Gasteiger partial charge in [0.25, 0.3) is 5.91 Å². The van der Waals surface area contributed by atoms with Crippen molar-refractivity contribution in [1.29, 1.82) is 0 Å². The van der Waals surface area contributed by atoms with E-state index in [1.54, 1.807) is 0 Å². The maximum atomic E-state index is 12.5. The average Bonchev–Trinajstić information content (AvgIpc) is 3.20. The number of aromatic amines is 2. The summed E-state index contributed by atoms with van der Waals surface area (Å²) >= 11 is 0. The fourth-order valence-corrected chi connectivity index (χ4v) is 3.37. The molecule has 0 spiro atoms. The zero-order valence-electron chi connectivity index (χ0n) is 16.2. The smallest absolute Gasteiger partial charge is 0.323 e. The van der Waals surface area contributed by atoms with Crippen LogP contribution in [0.25, 0.3) is 11.1 Å². The van der Waals surface area contributed by atoms with Crippen molar-refractivity contribution in [2.45, 2.75) is 24.8 Å².